The number of ether oxygens (including phenoxy) is 3. The van der Waals surface area contributed by atoms with Crippen LogP contribution < -0.4 is 19.5 Å². The Morgan fingerprint density at radius 1 is 1.04 bits per heavy atom. The number of benzene rings is 2. The summed E-state index contributed by atoms with van der Waals surface area (Å²) in [6, 6.07) is 13.3. The summed E-state index contributed by atoms with van der Waals surface area (Å²) < 4.78 is 15.9. The molecule has 0 unspecified atom stereocenters. The minimum Gasteiger partial charge on any atom is -0.497 e. The summed E-state index contributed by atoms with van der Waals surface area (Å²) in [5.74, 6) is 2.06. The van der Waals surface area contributed by atoms with Gasteiger partial charge in [0.2, 0.25) is 5.91 Å². The lowest BCUT2D eigenvalue weighted by atomic mass is 10.1. The van der Waals surface area contributed by atoms with Crippen LogP contribution in [0.2, 0.25) is 0 Å². The van der Waals surface area contributed by atoms with Gasteiger partial charge < -0.3 is 19.5 Å². The zero-order valence-corrected chi connectivity index (χ0v) is 16.8. The van der Waals surface area contributed by atoms with Crippen LogP contribution in [-0.2, 0) is 11.2 Å². The zero-order chi connectivity index (χ0) is 19.9. The number of hydrogen-bond donors (Lipinski definition) is 1. The van der Waals surface area contributed by atoms with Gasteiger partial charge in [0.15, 0.2) is 5.13 Å². The van der Waals surface area contributed by atoms with Crippen LogP contribution in [-0.4, -0.2) is 32.2 Å². The van der Waals surface area contributed by atoms with E-state index in [0.717, 1.165) is 22.6 Å². The van der Waals surface area contributed by atoms with Crippen molar-refractivity contribution in [1.29, 1.82) is 0 Å². The molecular formula is C21H22N2O4S. The first kappa shape index (κ1) is 19.7. The van der Waals surface area contributed by atoms with Crippen molar-refractivity contribution >= 4 is 22.4 Å². The van der Waals surface area contributed by atoms with Crippen molar-refractivity contribution in [3.8, 4) is 28.5 Å². The van der Waals surface area contributed by atoms with Gasteiger partial charge in [-0.1, -0.05) is 12.1 Å². The van der Waals surface area contributed by atoms with Crippen LogP contribution >= 0.6 is 11.3 Å². The van der Waals surface area contributed by atoms with Gasteiger partial charge in [-0.3, -0.25) is 4.79 Å². The maximum Gasteiger partial charge on any atom is 0.226 e. The lowest BCUT2D eigenvalue weighted by molar-refractivity contribution is -0.116. The van der Waals surface area contributed by atoms with E-state index in [1.165, 1.54) is 11.3 Å². The number of methoxy groups -OCH3 is 3. The van der Waals surface area contributed by atoms with Gasteiger partial charge in [-0.15, -0.1) is 11.3 Å². The van der Waals surface area contributed by atoms with Gasteiger partial charge in [0.05, 0.1) is 27.0 Å². The molecule has 3 aromatic rings. The van der Waals surface area contributed by atoms with Crippen molar-refractivity contribution in [3.05, 3.63) is 53.4 Å². The fourth-order valence-electron chi connectivity index (χ4n) is 2.76. The fraction of sp³-hybridized carbons (Fsp3) is 0.238. The van der Waals surface area contributed by atoms with Crippen molar-refractivity contribution < 1.29 is 19.0 Å². The number of aromatic nitrogens is 1. The Kier molecular flexibility index (Phi) is 6.49. The number of carbonyl (C=O) groups is 1. The Morgan fingerprint density at radius 3 is 2.43 bits per heavy atom. The smallest absolute Gasteiger partial charge is 0.226 e. The lowest BCUT2D eigenvalue weighted by Crippen LogP contribution is -2.12. The van der Waals surface area contributed by atoms with E-state index in [9.17, 15) is 4.79 Å². The summed E-state index contributed by atoms with van der Waals surface area (Å²) in [6.45, 7) is 0. The Bertz CT molecular complexity index is 933. The Morgan fingerprint density at radius 2 is 1.75 bits per heavy atom. The molecule has 0 spiro atoms. The summed E-state index contributed by atoms with van der Waals surface area (Å²) in [5.41, 5.74) is 2.64. The van der Waals surface area contributed by atoms with E-state index < -0.39 is 0 Å². The van der Waals surface area contributed by atoms with Crippen LogP contribution in [0.25, 0.3) is 11.3 Å². The second-order valence-electron chi connectivity index (χ2n) is 6.01. The van der Waals surface area contributed by atoms with Crippen molar-refractivity contribution in [1.82, 2.24) is 4.98 Å². The Labute approximate surface area is 168 Å². The minimum absolute atomic E-state index is 0.0947. The molecule has 1 aromatic heterocycles. The highest BCUT2D eigenvalue weighted by Crippen LogP contribution is 2.32. The summed E-state index contributed by atoms with van der Waals surface area (Å²) in [6.07, 6.45) is 0.907. The van der Waals surface area contributed by atoms with Crippen LogP contribution in [0.5, 0.6) is 17.2 Å². The topological polar surface area (TPSA) is 69.7 Å². The van der Waals surface area contributed by atoms with Crippen molar-refractivity contribution in [2.24, 2.45) is 0 Å². The third kappa shape index (κ3) is 4.80. The van der Waals surface area contributed by atoms with Gasteiger partial charge in [-0.25, -0.2) is 4.98 Å². The molecule has 0 aliphatic rings. The van der Waals surface area contributed by atoms with E-state index in [1.54, 1.807) is 27.4 Å². The zero-order valence-electron chi connectivity index (χ0n) is 16.0. The third-order valence-corrected chi connectivity index (χ3v) is 4.94. The van der Waals surface area contributed by atoms with E-state index >= 15 is 0 Å². The van der Waals surface area contributed by atoms with Crippen LogP contribution in [0.1, 0.15) is 12.0 Å². The predicted molar refractivity (Wildman–Crippen MR) is 111 cm³/mol. The number of para-hydroxylation sites is 1. The van der Waals surface area contributed by atoms with E-state index in [0.29, 0.717) is 29.5 Å². The highest BCUT2D eigenvalue weighted by atomic mass is 32.1. The maximum absolute atomic E-state index is 12.3. The molecule has 0 atom stereocenters. The molecule has 0 fully saturated rings. The molecule has 0 saturated heterocycles. The number of rotatable bonds is 8. The summed E-state index contributed by atoms with van der Waals surface area (Å²) >= 11 is 1.39. The van der Waals surface area contributed by atoms with Crippen molar-refractivity contribution in [2.75, 3.05) is 26.6 Å². The SMILES string of the molecule is COc1cc(CCC(=O)Nc2nc(-c3ccccc3OC)cs2)cc(OC)c1. The molecule has 0 saturated carbocycles. The Hall–Kier alpha value is -3.06. The first-order chi connectivity index (χ1) is 13.6. The number of amides is 1. The monoisotopic (exact) mass is 398 g/mol. The molecule has 0 aliphatic heterocycles. The summed E-state index contributed by atoms with van der Waals surface area (Å²) in [4.78, 5) is 16.8. The molecule has 28 heavy (non-hydrogen) atoms. The van der Waals surface area contributed by atoms with Gasteiger partial charge in [0.25, 0.3) is 0 Å². The van der Waals surface area contributed by atoms with Crippen molar-refractivity contribution in [2.45, 2.75) is 12.8 Å². The highest BCUT2D eigenvalue weighted by molar-refractivity contribution is 7.14. The molecule has 1 heterocycles. The lowest BCUT2D eigenvalue weighted by Gasteiger charge is -2.08. The molecular weight excluding hydrogens is 376 g/mol. The number of thiazole rings is 1. The summed E-state index contributed by atoms with van der Waals surface area (Å²) in [7, 11) is 4.83. The molecule has 0 aliphatic carbocycles. The van der Waals surface area contributed by atoms with Gasteiger partial charge >= 0.3 is 0 Å². The van der Waals surface area contributed by atoms with Crippen LogP contribution in [0, 0.1) is 0 Å². The van der Waals surface area contributed by atoms with E-state index in [4.69, 9.17) is 14.2 Å². The molecule has 1 N–H and O–H groups in total. The maximum atomic E-state index is 12.3. The van der Waals surface area contributed by atoms with E-state index in [-0.39, 0.29) is 5.91 Å². The average Bonchev–Trinajstić information content (AvgIpc) is 3.20. The van der Waals surface area contributed by atoms with Gasteiger partial charge in [0.1, 0.15) is 17.2 Å². The van der Waals surface area contributed by atoms with Gasteiger partial charge in [-0.05, 0) is 36.2 Å². The number of aryl methyl sites for hydroxylation is 1. The molecule has 0 bridgehead atoms. The number of nitrogens with one attached hydrogen (secondary N) is 1. The van der Waals surface area contributed by atoms with E-state index in [2.05, 4.69) is 10.3 Å². The number of nitrogens with zero attached hydrogens (tertiary/aromatic N) is 1. The molecule has 2 aromatic carbocycles. The largest absolute Gasteiger partial charge is 0.497 e. The second-order valence-corrected chi connectivity index (χ2v) is 6.87. The molecule has 146 valence electrons. The number of anilines is 1. The normalized spacial score (nSPS) is 10.4. The van der Waals surface area contributed by atoms with Crippen LogP contribution in [0.3, 0.4) is 0 Å². The quantitative estimate of drug-likeness (QED) is 0.609. The molecule has 3 rings (SSSR count). The highest BCUT2D eigenvalue weighted by Gasteiger charge is 2.12. The fourth-order valence-corrected chi connectivity index (χ4v) is 3.49. The first-order valence-corrected chi connectivity index (χ1v) is 9.61. The molecule has 6 nitrogen and oxygen atoms in total. The van der Waals surface area contributed by atoms with E-state index in [1.807, 2.05) is 41.8 Å². The average molecular weight is 398 g/mol. The van der Waals surface area contributed by atoms with Crippen LogP contribution in [0.4, 0.5) is 5.13 Å². The Balaban J connectivity index is 1.62. The standard InChI is InChI=1S/C21H22N2O4S/c1-25-15-10-14(11-16(12-15)26-2)8-9-20(24)23-21-22-18(13-28-21)17-6-4-5-7-19(17)27-3/h4-7,10-13H,8-9H2,1-3H3,(H,22,23,24). The molecule has 7 heteroatoms. The predicted octanol–water partition coefficient (Wildman–Crippen LogP) is 4.41. The third-order valence-electron chi connectivity index (χ3n) is 4.19. The van der Waals surface area contributed by atoms with Gasteiger partial charge in [-0.2, -0.15) is 0 Å². The summed E-state index contributed by atoms with van der Waals surface area (Å²) in [5, 5.41) is 5.33. The molecule has 0 radical (unpaired) electrons. The van der Waals surface area contributed by atoms with Gasteiger partial charge in [0, 0.05) is 23.4 Å². The number of hydrogen-bond acceptors (Lipinski definition) is 6. The first-order valence-electron chi connectivity index (χ1n) is 8.73. The van der Waals surface area contributed by atoms with Crippen LogP contribution in [0.15, 0.2) is 47.8 Å². The minimum atomic E-state index is -0.0947. The number of carbonyl (C=O) groups excluding carboxylic acids is 1. The van der Waals surface area contributed by atoms with Crippen molar-refractivity contribution in [3.63, 3.8) is 0 Å². The second kappa shape index (κ2) is 9.23. The molecule has 1 amide bonds.